The van der Waals surface area contributed by atoms with Crippen LogP contribution in [-0.4, -0.2) is 8.42 Å². The molecule has 0 saturated heterocycles. The fourth-order valence-electron chi connectivity index (χ4n) is 1.52. The quantitative estimate of drug-likeness (QED) is 0.924. The second-order valence-corrected chi connectivity index (χ2v) is 5.58. The third-order valence-corrected chi connectivity index (χ3v) is 3.58. The number of halogens is 1. The molecule has 0 heterocycles. The highest BCUT2D eigenvalue weighted by molar-refractivity contribution is 7.91. The maximum absolute atomic E-state index is 12.7. The van der Waals surface area contributed by atoms with Crippen LogP contribution >= 0.6 is 0 Å². The Bertz CT molecular complexity index is 609. The molecule has 0 amide bonds. The largest absolute Gasteiger partial charge is 0.283 e. The molecule has 0 radical (unpaired) electrons. The van der Waals surface area contributed by atoms with Gasteiger partial charge in [0, 0.05) is 5.69 Å². The van der Waals surface area contributed by atoms with Gasteiger partial charge in [0.1, 0.15) is 5.82 Å². The van der Waals surface area contributed by atoms with Crippen LogP contribution in [0.4, 0.5) is 10.1 Å². The van der Waals surface area contributed by atoms with E-state index in [0.717, 1.165) is 0 Å². The number of anilines is 1. The minimum Gasteiger partial charge on any atom is -0.283 e. The minimum atomic E-state index is -3.47. The van der Waals surface area contributed by atoms with E-state index in [1.54, 1.807) is 30.3 Å². The summed E-state index contributed by atoms with van der Waals surface area (Å²) in [6.45, 7) is 0. The van der Waals surface area contributed by atoms with Crippen LogP contribution in [0.1, 0.15) is 5.56 Å². The molecule has 18 heavy (non-hydrogen) atoms. The molecule has 0 aliphatic carbocycles. The molecular formula is C13H12FNO2S. The third kappa shape index (κ3) is 3.56. The maximum Gasteiger partial charge on any atom is 0.236 e. The van der Waals surface area contributed by atoms with Crippen molar-refractivity contribution in [2.45, 2.75) is 5.75 Å². The first-order valence-corrected chi connectivity index (χ1v) is 7.00. The molecule has 3 nitrogen and oxygen atoms in total. The minimum absolute atomic E-state index is 0.178. The van der Waals surface area contributed by atoms with Gasteiger partial charge in [-0.05, 0) is 29.8 Å². The molecule has 2 rings (SSSR count). The smallest absolute Gasteiger partial charge is 0.236 e. The zero-order valence-corrected chi connectivity index (χ0v) is 10.3. The molecule has 2 aromatic carbocycles. The second kappa shape index (κ2) is 5.18. The van der Waals surface area contributed by atoms with E-state index in [1.807, 2.05) is 0 Å². The van der Waals surface area contributed by atoms with Gasteiger partial charge in [-0.3, -0.25) is 4.72 Å². The van der Waals surface area contributed by atoms with Crippen molar-refractivity contribution >= 4 is 15.7 Å². The Hall–Kier alpha value is -1.88. The van der Waals surface area contributed by atoms with Crippen LogP contribution in [0, 0.1) is 5.82 Å². The van der Waals surface area contributed by atoms with E-state index < -0.39 is 10.0 Å². The van der Waals surface area contributed by atoms with Gasteiger partial charge < -0.3 is 0 Å². The Labute approximate surface area is 105 Å². The zero-order chi connectivity index (χ0) is 13.0. The second-order valence-electron chi connectivity index (χ2n) is 3.85. The first kappa shape index (κ1) is 12.6. The Morgan fingerprint density at radius 1 is 0.944 bits per heavy atom. The third-order valence-electron chi connectivity index (χ3n) is 2.32. The lowest BCUT2D eigenvalue weighted by Crippen LogP contribution is -2.14. The Morgan fingerprint density at radius 2 is 1.56 bits per heavy atom. The predicted molar refractivity (Wildman–Crippen MR) is 69.1 cm³/mol. The van der Waals surface area contributed by atoms with Crippen LogP contribution < -0.4 is 4.72 Å². The van der Waals surface area contributed by atoms with Gasteiger partial charge in [-0.15, -0.1) is 0 Å². The number of para-hydroxylation sites is 1. The van der Waals surface area contributed by atoms with Crippen LogP contribution in [0.25, 0.3) is 0 Å². The molecule has 94 valence electrons. The summed E-state index contributed by atoms with van der Waals surface area (Å²) in [7, 11) is -3.47. The summed E-state index contributed by atoms with van der Waals surface area (Å²) in [5.74, 6) is -0.561. The summed E-state index contributed by atoms with van der Waals surface area (Å²) in [6, 6.07) is 14.0. The summed E-state index contributed by atoms with van der Waals surface area (Å²) in [5.41, 5.74) is 1.06. The van der Waals surface area contributed by atoms with Crippen LogP contribution in [0.3, 0.4) is 0 Å². The normalized spacial score (nSPS) is 11.2. The van der Waals surface area contributed by atoms with E-state index in [9.17, 15) is 12.8 Å². The van der Waals surface area contributed by atoms with Gasteiger partial charge in [-0.25, -0.2) is 12.8 Å². The Kier molecular flexibility index (Phi) is 3.62. The molecule has 0 unspecified atom stereocenters. The number of sulfonamides is 1. The molecule has 0 fully saturated rings. The van der Waals surface area contributed by atoms with Crippen LogP contribution in [-0.2, 0) is 15.8 Å². The van der Waals surface area contributed by atoms with Gasteiger partial charge >= 0.3 is 0 Å². The fraction of sp³-hybridized carbons (Fsp3) is 0.0769. The van der Waals surface area contributed by atoms with Crippen molar-refractivity contribution in [3.05, 3.63) is 66.0 Å². The van der Waals surface area contributed by atoms with Gasteiger partial charge in [0.15, 0.2) is 0 Å². The summed E-state index contributed by atoms with van der Waals surface area (Å²) in [4.78, 5) is 0. The number of hydrogen-bond acceptors (Lipinski definition) is 2. The van der Waals surface area contributed by atoms with E-state index in [4.69, 9.17) is 0 Å². The number of benzene rings is 2. The van der Waals surface area contributed by atoms with E-state index >= 15 is 0 Å². The molecule has 0 aliphatic rings. The molecule has 0 saturated carbocycles. The highest BCUT2D eigenvalue weighted by atomic mass is 32.2. The van der Waals surface area contributed by atoms with E-state index in [0.29, 0.717) is 11.3 Å². The van der Waals surface area contributed by atoms with Crippen molar-refractivity contribution in [1.82, 2.24) is 0 Å². The summed E-state index contributed by atoms with van der Waals surface area (Å²) in [5, 5.41) is 0. The van der Waals surface area contributed by atoms with Crippen LogP contribution in [0.15, 0.2) is 54.6 Å². The van der Waals surface area contributed by atoms with E-state index in [1.165, 1.54) is 24.3 Å². The number of nitrogens with one attached hydrogen (secondary N) is 1. The van der Waals surface area contributed by atoms with Crippen LogP contribution in [0.5, 0.6) is 0 Å². The van der Waals surface area contributed by atoms with E-state index in [2.05, 4.69) is 4.72 Å². The van der Waals surface area contributed by atoms with Gasteiger partial charge in [0.2, 0.25) is 10.0 Å². The average Bonchev–Trinajstić information content (AvgIpc) is 2.32. The molecule has 0 bridgehead atoms. The molecule has 0 aliphatic heterocycles. The van der Waals surface area contributed by atoms with Gasteiger partial charge in [0.05, 0.1) is 5.75 Å². The van der Waals surface area contributed by atoms with Crippen molar-refractivity contribution in [1.29, 1.82) is 0 Å². The average molecular weight is 265 g/mol. The van der Waals surface area contributed by atoms with Crippen LogP contribution in [0.2, 0.25) is 0 Å². The molecule has 0 atom stereocenters. The SMILES string of the molecule is O=S(=O)(Cc1ccc(F)cc1)Nc1ccccc1. The number of rotatable bonds is 4. The highest BCUT2D eigenvalue weighted by Crippen LogP contribution is 2.12. The molecule has 2 aromatic rings. The molecular weight excluding hydrogens is 253 g/mol. The van der Waals surface area contributed by atoms with Crippen molar-refractivity contribution in [3.8, 4) is 0 Å². The van der Waals surface area contributed by atoms with Crippen molar-refractivity contribution < 1.29 is 12.8 Å². The molecule has 1 N–H and O–H groups in total. The molecule has 0 spiro atoms. The summed E-state index contributed by atoms with van der Waals surface area (Å²) >= 11 is 0. The van der Waals surface area contributed by atoms with Gasteiger partial charge in [0.25, 0.3) is 0 Å². The predicted octanol–water partition coefficient (Wildman–Crippen LogP) is 2.77. The molecule has 5 heteroatoms. The zero-order valence-electron chi connectivity index (χ0n) is 9.51. The maximum atomic E-state index is 12.7. The summed E-state index contributed by atoms with van der Waals surface area (Å²) < 4.78 is 38.9. The van der Waals surface area contributed by atoms with Gasteiger partial charge in [-0.1, -0.05) is 30.3 Å². The number of hydrogen-bond donors (Lipinski definition) is 1. The Balaban J connectivity index is 2.10. The lowest BCUT2D eigenvalue weighted by molar-refractivity contribution is 0.600. The lowest BCUT2D eigenvalue weighted by Gasteiger charge is -2.07. The highest BCUT2D eigenvalue weighted by Gasteiger charge is 2.11. The van der Waals surface area contributed by atoms with E-state index in [-0.39, 0.29) is 11.6 Å². The Morgan fingerprint density at radius 3 is 2.17 bits per heavy atom. The van der Waals surface area contributed by atoms with Crippen molar-refractivity contribution in [2.75, 3.05) is 4.72 Å². The van der Waals surface area contributed by atoms with Gasteiger partial charge in [-0.2, -0.15) is 0 Å². The standard InChI is InChI=1S/C13H12FNO2S/c14-12-8-6-11(7-9-12)10-18(16,17)15-13-4-2-1-3-5-13/h1-9,15H,10H2. The molecule has 0 aromatic heterocycles. The fourth-order valence-corrected chi connectivity index (χ4v) is 2.72. The topological polar surface area (TPSA) is 46.2 Å². The lowest BCUT2D eigenvalue weighted by atomic mass is 10.2. The first-order chi connectivity index (χ1) is 8.55. The first-order valence-electron chi connectivity index (χ1n) is 5.35. The van der Waals surface area contributed by atoms with Crippen molar-refractivity contribution in [3.63, 3.8) is 0 Å². The van der Waals surface area contributed by atoms with Crippen molar-refractivity contribution in [2.24, 2.45) is 0 Å². The summed E-state index contributed by atoms with van der Waals surface area (Å²) in [6.07, 6.45) is 0. The monoisotopic (exact) mass is 265 g/mol.